The normalized spacial score (nSPS) is 12.8. The number of carbonyl (C=O) groups excluding carboxylic acids is 3. The van der Waals surface area contributed by atoms with Crippen LogP contribution in [0.3, 0.4) is 0 Å². The van der Waals surface area contributed by atoms with Crippen LogP contribution < -0.4 is 5.32 Å². The lowest BCUT2D eigenvalue weighted by Crippen LogP contribution is -2.40. The lowest BCUT2D eigenvalue weighted by atomic mass is 9.76. The zero-order valence-electron chi connectivity index (χ0n) is 17.6. The van der Waals surface area contributed by atoms with Crippen LogP contribution >= 0.6 is 0 Å². The molecule has 5 nitrogen and oxygen atoms in total. The van der Waals surface area contributed by atoms with Crippen LogP contribution in [0.5, 0.6) is 0 Å². The number of halogens is 2. The Morgan fingerprint density at radius 3 is 2.22 bits per heavy atom. The molecule has 1 N–H and O–H groups in total. The number of pyridine rings is 1. The van der Waals surface area contributed by atoms with Gasteiger partial charge in [0, 0.05) is 29.6 Å². The van der Waals surface area contributed by atoms with E-state index >= 15 is 0 Å². The summed E-state index contributed by atoms with van der Waals surface area (Å²) in [6, 6.07) is 13.4. The van der Waals surface area contributed by atoms with Crippen molar-refractivity contribution in [3.8, 4) is 0 Å². The summed E-state index contributed by atoms with van der Waals surface area (Å²) in [5.74, 6) is -5.94. The zero-order chi connectivity index (χ0) is 23.3. The highest BCUT2D eigenvalue weighted by Crippen LogP contribution is 2.32. The van der Waals surface area contributed by atoms with Crippen LogP contribution in [0, 0.1) is 23.5 Å². The molecule has 0 fully saturated rings. The van der Waals surface area contributed by atoms with Gasteiger partial charge in [0.2, 0.25) is 5.91 Å². The number of anilines is 1. The maximum atomic E-state index is 13.6. The molecule has 2 atom stereocenters. The molecule has 0 saturated heterocycles. The van der Waals surface area contributed by atoms with E-state index in [0.29, 0.717) is 5.56 Å². The summed E-state index contributed by atoms with van der Waals surface area (Å²) in [4.78, 5) is 44.0. The van der Waals surface area contributed by atoms with Crippen LogP contribution in [0.4, 0.5) is 14.5 Å². The van der Waals surface area contributed by atoms with E-state index < -0.39 is 46.9 Å². The van der Waals surface area contributed by atoms with Gasteiger partial charge >= 0.3 is 0 Å². The number of carbonyl (C=O) groups is 3. The molecule has 1 amide bonds. The number of nitrogens with one attached hydrogen (secondary N) is 1. The van der Waals surface area contributed by atoms with Crippen LogP contribution in [0.2, 0.25) is 0 Å². The maximum absolute atomic E-state index is 13.6. The highest BCUT2D eigenvalue weighted by Gasteiger charge is 2.41. The van der Waals surface area contributed by atoms with E-state index in [4.69, 9.17) is 0 Å². The Bertz CT molecular complexity index is 1120. The fourth-order valence-electron chi connectivity index (χ4n) is 3.44. The van der Waals surface area contributed by atoms with E-state index in [2.05, 4.69) is 10.3 Å². The first-order valence-electron chi connectivity index (χ1n) is 10.1. The third-order valence-corrected chi connectivity index (χ3v) is 5.04. The highest BCUT2D eigenvalue weighted by molar-refractivity contribution is 6.14. The lowest BCUT2D eigenvalue weighted by Gasteiger charge is -2.26. The van der Waals surface area contributed by atoms with Crippen molar-refractivity contribution in [2.75, 3.05) is 5.32 Å². The van der Waals surface area contributed by atoms with E-state index in [1.807, 2.05) is 0 Å². The summed E-state index contributed by atoms with van der Waals surface area (Å²) in [5.41, 5.74) is 0.686. The summed E-state index contributed by atoms with van der Waals surface area (Å²) in [5, 5.41) is 2.55. The fourth-order valence-corrected chi connectivity index (χ4v) is 3.44. The van der Waals surface area contributed by atoms with Crippen molar-refractivity contribution in [1.29, 1.82) is 0 Å². The molecule has 0 spiro atoms. The second kappa shape index (κ2) is 10.0. The molecule has 2 aromatic carbocycles. The predicted octanol–water partition coefficient (Wildman–Crippen LogP) is 4.81. The number of hydrogen-bond donors (Lipinski definition) is 1. The number of hydrogen-bond acceptors (Lipinski definition) is 4. The van der Waals surface area contributed by atoms with Crippen molar-refractivity contribution in [1.82, 2.24) is 4.98 Å². The molecule has 32 heavy (non-hydrogen) atoms. The Kier molecular flexibility index (Phi) is 7.20. The first kappa shape index (κ1) is 22.9. The van der Waals surface area contributed by atoms with E-state index in [1.165, 1.54) is 42.7 Å². The summed E-state index contributed by atoms with van der Waals surface area (Å²) in [7, 11) is 0. The van der Waals surface area contributed by atoms with Crippen molar-refractivity contribution in [2.24, 2.45) is 11.8 Å². The van der Waals surface area contributed by atoms with Gasteiger partial charge in [0.05, 0.1) is 5.92 Å². The minimum Gasteiger partial charge on any atom is -0.325 e. The van der Waals surface area contributed by atoms with Gasteiger partial charge in [-0.15, -0.1) is 0 Å². The van der Waals surface area contributed by atoms with Crippen LogP contribution in [0.25, 0.3) is 0 Å². The van der Waals surface area contributed by atoms with Gasteiger partial charge in [0.1, 0.15) is 23.3 Å². The molecular weight excluding hydrogens is 414 g/mol. The SMILES string of the molecule is CC(C)C(=O)C(C(=O)Nc1cccc(F)c1)C(C(=O)c1ccc(F)cc1)c1cccnc1. The minimum atomic E-state index is -1.40. The van der Waals surface area contributed by atoms with Gasteiger partial charge in [-0.3, -0.25) is 19.4 Å². The Morgan fingerprint density at radius 1 is 0.906 bits per heavy atom. The predicted molar refractivity (Wildman–Crippen MR) is 116 cm³/mol. The first-order chi connectivity index (χ1) is 15.3. The summed E-state index contributed by atoms with van der Waals surface area (Å²) in [6.07, 6.45) is 2.93. The highest BCUT2D eigenvalue weighted by atomic mass is 19.1. The fraction of sp³-hybridized carbons (Fsp3) is 0.200. The van der Waals surface area contributed by atoms with Crippen LogP contribution in [-0.4, -0.2) is 22.5 Å². The summed E-state index contributed by atoms with van der Waals surface area (Å²) < 4.78 is 27.0. The minimum absolute atomic E-state index is 0.153. The molecule has 0 aliphatic carbocycles. The third-order valence-electron chi connectivity index (χ3n) is 5.04. The monoisotopic (exact) mass is 436 g/mol. The molecule has 3 rings (SSSR count). The van der Waals surface area contributed by atoms with Gasteiger partial charge in [0.25, 0.3) is 0 Å². The Labute approximate surface area is 184 Å². The number of aromatic nitrogens is 1. The van der Waals surface area contributed by atoms with Crippen LogP contribution in [-0.2, 0) is 9.59 Å². The quantitative estimate of drug-likeness (QED) is 0.406. The molecule has 0 aliphatic rings. The number of rotatable bonds is 8. The van der Waals surface area contributed by atoms with Crippen molar-refractivity contribution in [3.05, 3.63) is 95.8 Å². The number of ketones is 2. The van der Waals surface area contributed by atoms with Gasteiger partial charge in [-0.25, -0.2) is 8.78 Å². The zero-order valence-corrected chi connectivity index (χ0v) is 17.6. The van der Waals surface area contributed by atoms with Crippen molar-refractivity contribution >= 4 is 23.2 Å². The molecule has 0 bridgehead atoms. The van der Waals surface area contributed by atoms with E-state index in [-0.39, 0.29) is 11.3 Å². The number of benzene rings is 2. The second-order valence-corrected chi connectivity index (χ2v) is 7.67. The van der Waals surface area contributed by atoms with E-state index in [0.717, 1.165) is 18.2 Å². The van der Waals surface area contributed by atoms with Crippen LogP contribution in [0.1, 0.15) is 35.7 Å². The molecule has 0 saturated carbocycles. The number of nitrogens with zero attached hydrogens (tertiary/aromatic N) is 1. The summed E-state index contributed by atoms with van der Waals surface area (Å²) in [6.45, 7) is 3.26. The van der Waals surface area contributed by atoms with Gasteiger partial charge in [0.15, 0.2) is 5.78 Å². The van der Waals surface area contributed by atoms with E-state index in [9.17, 15) is 23.2 Å². The van der Waals surface area contributed by atoms with Crippen LogP contribution in [0.15, 0.2) is 73.1 Å². The smallest absolute Gasteiger partial charge is 0.236 e. The molecule has 1 heterocycles. The molecule has 164 valence electrons. The standard InChI is InChI=1S/C25H22F2N2O3/c1-15(2)23(30)22(25(32)29-20-7-3-6-19(27)13-20)21(17-5-4-12-28-14-17)24(31)16-8-10-18(26)11-9-16/h3-15,21-22H,1-2H3,(H,29,32). The Balaban J connectivity index is 2.08. The molecule has 1 aromatic heterocycles. The first-order valence-corrected chi connectivity index (χ1v) is 10.1. The van der Waals surface area contributed by atoms with Crippen molar-refractivity contribution in [2.45, 2.75) is 19.8 Å². The van der Waals surface area contributed by atoms with Crippen molar-refractivity contribution < 1.29 is 23.2 Å². The van der Waals surface area contributed by atoms with Gasteiger partial charge < -0.3 is 5.32 Å². The molecule has 0 aliphatic heterocycles. The summed E-state index contributed by atoms with van der Waals surface area (Å²) >= 11 is 0. The van der Waals surface area contributed by atoms with Gasteiger partial charge in [-0.1, -0.05) is 26.0 Å². The molecular formula is C25H22F2N2O3. The topological polar surface area (TPSA) is 76.1 Å². The second-order valence-electron chi connectivity index (χ2n) is 7.67. The van der Waals surface area contributed by atoms with E-state index in [1.54, 1.807) is 26.0 Å². The average molecular weight is 436 g/mol. The lowest BCUT2D eigenvalue weighted by molar-refractivity contribution is -0.133. The van der Waals surface area contributed by atoms with Gasteiger partial charge in [-0.05, 0) is 54.1 Å². The number of Topliss-reactive ketones (excluding diaryl/α,β-unsaturated/α-hetero) is 2. The molecule has 2 unspecified atom stereocenters. The average Bonchev–Trinajstić information content (AvgIpc) is 2.77. The molecule has 7 heteroatoms. The molecule has 3 aromatic rings. The largest absolute Gasteiger partial charge is 0.325 e. The number of amides is 1. The van der Waals surface area contributed by atoms with Crippen molar-refractivity contribution in [3.63, 3.8) is 0 Å². The Hall–Kier alpha value is -3.74. The Morgan fingerprint density at radius 2 is 1.62 bits per heavy atom. The maximum Gasteiger partial charge on any atom is 0.236 e. The third kappa shape index (κ3) is 5.29. The van der Waals surface area contributed by atoms with Gasteiger partial charge in [-0.2, -0.15) is 0 Å². The molecule has 0 radical (unpaired) electrons.